The van der Waals surface area contributed by atoms with Crippen molar-refractivity contribution in [2.75, 3.05) is 7.11 Å². The monoisotopic (exact) mass is 216 g/mol. The van der Waals surface area contributed by atoms with Crippen LogP contribution in [0.3, 0.4) is 0 Å². The fourth-order valence-electron chi connectivity index (χ4n) is 1.23. The predicted octanol–water partition coefficient (Wildman–Crippen LogP) is 0.0375. The first-order chi connectivity index (χ1) is 6.88. The van der Waals surface area contributed by atoms with Gasteiger partial charge < -0.3 is 10.5 Å². The van der Waals surface area contributed by atoms with Crippen molar-refractivity contribution in [1.29, 1.82) is 0 Å². The van der Waals surface area contributed by atoms with Crippen LogP contribution in [-0.4, -0.2) is 31.1 Å². The minimum Gasteiger partial charge on any atom is -0.468 e. The van der Waals surface area contributed by atoms with E-state index >= 15 is 0 Å². The van der Waals surface area contributed by atoms with E-state index in [9.17, 15) is 9.59 Å². The molecule has 88 valence electrons. The van der Waals surface area contributed by atoms with Crippen LogP contribution < -0.4 is 11.1 Å². The number of esters is 1. The summed E-state index contributed by atoms with van der Waals surface area (Å²) in [6.45, 7) is 5.61. The van der Waals surface area contributed by atoms with E-state index < -0.39 is 18.0 Å². The maximum atomic E-state index is 11.4. The highest BCUT2D eigenvalue weighted by Gasteiger charge is 2.23. The third-order valence-corrected chi connectivity index (χ3v) is 2.07. The molecule has 0 saturated heterocycles. The molecule has 15 heavy (non-hydrogen) atoms. The van der Waals surface area contributed by atoms with Crippen molar-refractivity contribution < 1.29 is 14.3 Å². The molecule has 0 aliphatic carbocycles. The van der Waals surface area contributed by atoms with Crippen molar-refractivity contribution in [2.45, 2.75) is 39.3 Å². The molecule has 1 amide bonds. The molecule has 3 N–H and O–H groups in total. The van der Waals surface area contributed by atoms with Gasteiger partial charge in [0.1, 0.15) is 6.04 Å². The quantitative estimate of drug-likeness (QED) is 0.614. The standard InChI is InChI=1S/C10H20N2O3/c1-6(2)5-8(10(14)15-4)12-7(3)9(11)13/h6-8,12H,5H2,1-4H3,(H2,11,13). The number of amides is 1. The third kappa shape index (κ3) is 5.37. The maximum Gasteiger partial charge on any atom is 0.322 e. The van der Waals surface area contributed by atoms with Crippen LogP contribution >= 0.6 is 0 Å². The van der Waals surface area contributed by atoms with Gasteiger partial charge in [0.2, 0.25) is 5.91 Å². The van der Waals surface area contributed by atoms with Gasteiger partial charge in [-0.1, -0.05) is 13.8 Å². The van der Waals surface area contributed by atoms with Crippen LogP contribution in [0.1, 0.15) is 27.2 Å². The zero-order chi connectivity index (χ0) is 12.0. The molecular formula is C10H20N2O3. The Kier molecular flexibility index (Phi) is 5.93. The molecule has 0 aromatic rings. The van der Waals surface area contributed by atoms with Crippen molar-refractivity contribution in [3.8, 4) is 0 Å². The van der Waals surface area contributed by atoms with Crippen molar-refractivity contribution in [1.82, 2.24) is 5.32 Å². The zero-order valence-electron chi connectivity index (χ0n) is 9.74. The summed E-state index contributed by atoms with van der Waals surface area (Å²) in [5.41, 5.74) is 5.10. The van der Waals surface area contributed by atoms with Crippen molar-refractivity contribution >= 4 is 11.9 Å². The Hall–Kier alpha value is -1.10. The zero-order valence-corrected chi connectivity index (χ0v) is 9.74. The molecule has 0 spiro atoms. The van der Waals surface area contributed by atoms with Gasteiger partial charge in [-0.3, -0.25) is 14.9 Å². The summed E-state index contributed by atoms with van der Waals surface area (Å²) < 4.78 is 4.64. The lowest BCUT2D eigenvalue weighted by molar-refractivity contribution is -0.143. The lowest BCUT2D eigenvalue weighted by Gasteiger charge is -2.20. The molecule has 0 aliphatic rings. The minimum atomic E-state index is -0.534. The number of carbonyl (C=O) groups is 2. The number of nitrogens with two attached hydrogens (primary N) is 1. The Morgan fingerprint density at radius 3 is 2.20 bits per heavy atom. The van der Waals surface area contributed by atoms with Gasteiger partial charge in [0, 0.05) is 0 Å². The second kappa shape index (κ2) is 6.40. The van der Waals surface area contributed by atoms with Crippen molar-refractivity contribution in [3.05, 3.63) is 0 Å². The van der Waals surface area contributed by atoms with Gasteiger partial charge >= 0.3 is 5.97 Å². The minimum absolute atomic E-state index is 0.335. The van der Waals surface area contributed by atoms with E-state index in [-0.39, 0.29) is 5.97 Å². The van der Waals surface area contributed by atoms with Gasteiger partial charge in [-0.15, -0.1) is 0 Å². The smallest absolute Gasteiger partial charge is 0.322 e. The van der Waals surface area contributed by atoms with Crippen LogP contribution in [0.5, 0.6) is 0 Å². The Morgan fingerprint density at radius 1 is 1.33 bits per heavy atom. The molecule has 0 fully saturated rings. The Morgan fingerprint density at radius 2 is 1.87 bits per heavy atom. The number of ether oxygens (including phenoxy) is 1. The van der Waals surface area contributed by atoms with Gasteiger partial charge in [-0.05, 0) is 19.3 Å². The van der Waals surface area contributed by atoms with E-state index in [1.54, 1.807) is 6.92 Å². The first-order valence-electron chi connectivity index (χ1n) is 5.01. The molecule has 5 heteroatoms. The van der Waals surface area contributed by atoms with E-state index in [2.05, 4.69) is 10.1 Å². The van der Waals surface area contributed by atoms with Crippen LogP contribution in [0.15, 0.2) is 0 Å². The molecule has 0 heterocycles. The fourth-order valence-corrected chi connectivity index (χ4v) is 1.23. The topological polar surface area (TPSA) is 81.4 Å². The summed E-state index contributed by atoms with van der Waals surface area (Å²) in [7, 11) is 1.33. The van der Waals surface area contributed by atoms with Crippen molar-refractivity contribution in [2.24, 2.45) is 11.7 Å². The van der Waals surface area contributed by atoms with E-state index in [0.717, 1.165) is 0 Å². The number of methoxy groups -OCH3 is 1. The lowest BCUT2D eigenvalue weighted by atomic mass is 10.0. The highest BCUT2D eigenvalue weighted by Crippen LogP contribution is 2.06. The van der Waals surface area contributed by atoms with Crippen LogP contribution in [0.25, 0.3) is 0 Å². The predicted molar refractivity (Wildman–Crippen MR) is 57.1 cm³/mol. The van der Waals surface area contributed by atoms with Gasteiger partial charge in [-0.25, -0.2) is 0 Å². The summed E-state index contributed by atoms with van der Waals surface area (Å²) >= 11 is 0. The molecular weight excluding hydrogens is 196 g/mol. The van der Waals surface area contributed by atoms with Crippen LogP contribution in [0, 0.1) is 5.92 Å². The maximum absolute atomic E-state index is 11.4. The van der Waals surface area contributed by atoms with Crippen LogP contribution in [0.2, 0.25) is 0 Å². The van der Waals surface area contributed by atoms with Crippen LogP contribution in [0.4, 0.5) is 0 Å². The second-order valence-electron chi connectivity index (χ2n) is 4.00. The van der Waals surface area contributed by atoms with Crippen LogP contribution in [-0.2, 0) is 14.3 Å². The molecule has 0 aromatic carbocycles. The number of primary amides is 1. The molecule has 0 rings (SSSR count). The molecule has 0 saturated carbocycles. The van der Waals surface area contributed by atoms with Gasteiger partial charge in [-0.2, -0.15) is 0 Å². The molecule has 0 radical (unpaired) electrons. The number of carbonyl (C=O) groups excluding carboxylic acids is 2. The Bertz CT molecular complexity index is 229. The highest BCUT2D eigenvalue weighted by atomic mass is 16.5. The van der Waals surface area contributed by atoms with Gasteiger partial charge in [0.15, 0.2) is 0 Å². The van der Waals surface area contributed by atoms with Gasteiger partial charge in [0.25, 0.3) is 0 Å². The number of hydrogen-bond donors (Lipinski definition) is 2. The van der Waals surface area contributed by atoms with Gasteiger partial charge in [0.05, 0.1) is 13.2 Å². The summed E-state index contributed by atoms with van der Waals surface area (Å²) in [5, 5.41) is 2.85. The third-order valence-electron chi connectivity index (χ3n) is 2.07. The van der Waals surface area contributed by atoms with E-state index in [1.807, 2.05) is 13.8 Å². The normalized spacial score (nSPS) is 14.7. The molecule has 2 atom stereocenters. The SMILES string of the molecule is COC(=O)C(CC(C)C)NC(C)C(N)=O. The summed E-state index contributed by atoms with van der Waals surface area (Å²) in [6, 6.07) is -1.01. The van der Waals surface area contributed by atoms with E-state index in [1.165, 1.54) is 7.11 Å². The fraction of sp³-hybridized carbons (Fsp3) is 0.800. The molecule has 5 nitrogen and oxygen atoms in total. The number of nitrogens with one attached hydrogen (secondary N) is 1. The number of hydrogen-bond acceptors (Lipinski definition) is 4. The second-order valence-corrected chi connectivity index (χ2v) is 4.00. The van der Waals surface area contributed by atoms with E-state index in [0.29, 0.717) is 12.3 Å². The number of rotatable bonds is 6. The largest absolute Gasteiger partial charge is 0.468 e. The first-order valence-corrected chi connectivity index (χ1v) is 5.01. The summed E-state index contributed by atoms with van der Waals surface area (Å²) in [6.07, 6.45) is 0.615. The molecule has 0 aliphatic heterocycles. The van der Waals surface area contributed by atoms with Crippen molar-refractivity contribution in [3.63, 3.8) is 0 Å². The average Bonchev–Trinajstić information content (AvgIpc) is 2.14. The summed E-state index contributed by atoms with van der Waals surface area (Å²) in [4.78, 5) is 22.2. The van der Waals surface area contributed by atoms with E-state index in [4.69, 9.17) is 5.73 Å². The lowest BCUT2D eigenvalue weighted by Crippen LogP contribution is -2.48. The Labute approximate surface area is 90.4 Å². The average molecular weight is 216 g/mol. The molecule has 2 unspecified atom stereocenters. The molecule has 0 bridgehead atoms. The molecule has 0 aromatic heterocycles. The highest BCUT2D eigenvalue weighted by molar-refractivity contribution is 5.81. The first kappa shape index (κ1) is 13.9. The Balaban J connectivity index is 4.36. The summed E-state index contributed by atoms with van der Waals surface area (Å²) in [5.74, 6) is -0.508.